The number of hydrogen-bond donors (Lipinski definition) is 1. The van der Waals surface area contributed by atoms with Gasteiger partial charge in [-0.3, -0.25) is 14.9 Å². The van der Waals surface area contributed by atoms with Gasteiger partial charge in [0.2, 0.25) is 5.91 Å². The first kappa shape index (κ1) is 23.4. The molecule has 0 spiro atoms. The van der Waals surface area contributed by atoms with E-state index in [1.165, 1.54) is 19.4 Å². The Kier molecular flexibility index (Phi) is 7.02. The van der Waals surface area contributed by atoms with Gasteiger partial charge in [0.1, 0.15) is 0 Å². The number of benzene rings is 2. The number of hydrazone groups is 1. The zero-order valence-electron chi connectivity index (χ0n) is 18.8. The molecule has 0 aliphatic rings. The molecule has 1 heterocycles. The van der Waals surface area contributed by atoms with Crippen molar-refractivity contribution < 1.29 is 19.2 Å². The lowest BCUT2D eigenvalue weighted by molar-refractivity contribution is -0.385. The number of para-hydroxylation sites is 1. The van der Waals surface area contributed by atoms with E-state index >= 15 is 0 Å². The minimum absolute atomic E-state index is 0.107. The predicted octanol–water partition coefficient (Wildman–Crippen LogP) is 3.79. The summed E-state index contributed by atoms with van der Waals surface area (Å²) in [6.45, 7) is 5.70. The fourth-order valence-corrected chi connectivity index (χ4v) is 3.71. The standard InChI is InChI=1S/C24H24N4O5/c1-15-12-19(14-25-26-23(29)13-18-8-5-6-10-22(18)28(31)32)17(3)27(15)21-11-7-9-20(16(21)2)24(30)33-4/h5-12,14H,13H2,1-4H3,(H,26,29)/b25-14+. The van der Waals surface area contributed by atoms with Crippen LogP contribution in [0.5, 0.6) is 0 Å². The van der Waals surface area contributed by atoms with Crippen LogP contribution in [0, 0.1) is 30.9 Å². The molecule has 0 radical (unpaired) electrons. The Bertz CT molecular complexity index is 1260. The Morgan fingerprint density at radius 3 is 2.58 bits per heavy atom. The van der Waals surface area contributed by atoms with E-state index in [1.54, 1.807) is 30.3 Å². The van der Waals surface area contributed by atoms with E-state index in [4.69, 9.17) is 4.74 Å². The summed E-state index contributed by atoms with van der Waals surface area (Å²) in [5, 5.41) is 15.1. The van der Waals surface area contributed by atoms with E-state index in [2.05, 4.69) is 10.5 Å². The number of nitro groups is 1. The van der Waals surface area contributed by atoms with Crippen molar-refractivity contribution in [2.45, 2.75) is 27.2 Å². The van der Waals surface area contributed by atoms with Gasteiger partial charge in [0.15, 0.2) is 0 Å². The highest BCUT2D eigenvalue weighted by atomic mass is 16.6. The summed E-state index contributed by atoms with van der Waals surface area (Å²) in [6.07, 6.45) is 1.36. The number of hydrogen-bond acceptors (Lipinski definition) is 6. The molecule has 9 nitrogen and oxygen atoms in total. The first-order chi connectivity index (χ1) is 15.7. The molecule has 3 rings (SSSR count). The fraction of sp³-hybridized carbons (Fsp3) is 0.208. The number of rotatable bonds is 7. The third-order valence-corrected chi connectivity index (χ3v) is 5.35. The highest BCUT2D eigenvalue weighted by molar-refractivity contribution is 5.92. The van der Waals surface area contributed by atoms with Gasteiger partial charge >= 0.3 is 5.97 Å². The van der Waals surface area contributed by atoms with Crippen LogP contribution in [0.4, 0.5) is 5.69 Å². The normalized spacial score (nSPS) is 10.9. The van der Waals surface area contributed by atoms with Crippen LogP contribution in [0.1, 0.15) is 38.4 Å². The second-order valence-corrected chi connectivity index (χ2v) is 7.46. The van der Waals surface area contributed by atoms with E-state index in [9.17, 15) is 19.7 Å². The number of esters is 1. The van der Waals surface area contributed by atoms with Crippen molar-refractivity contribution in [1.82, 2.24) is 9.99 Å². The average molecular weight is 448 g/mol. The van der Waals surface area contributed by atoms with Gasteiger partial charge < -0.3 is 9.30 Å². The summed E-state index contributed by atoms with van der Waals surface area (Å²) in [4.78, 5) is 34.9. The van der Waals surface area contributed by atoms with Crippen LogP contribution < -0.4 is 5.43 Å². The minimum Gasteiger partial charge on any atom is -0.465 e. The maximum absolute atomic E-state index is 12.2. The van der Waals surface area contributed by atoms with Gasteiger partial charge in [0.05, 0.1) is 30.2 Å². The molecule has 1 aromatic heterocycles. The highest BCUT2D eigenvalue weighted by Crippen LogP contribution is 2.25. The van der Waals surface area contributed by atoms with E-state index in [1.807, 2.05) is 37.5 Å². The minimum atomic E-state index is -0.516. The van der Waals surface area contributed by atoms with Crippen molar-refractivity contribution in [3.63, 3.8) is 0 Å². The van der Waals surface area contributed by atoms with Crippen molar-refractivity contribution >= 4 is 23.8 Å². The summed E-state index contributed by atoms with van der Waals surface area (Å²) in [6, 6.07) is 13.4. The molecule has 0 fully saturated rings. The molecular formula is C24H24N4O5. The Hall–Kier alpha value is -4.27. The number of methoxy groups -OCH3 is 1. The second kappa shape index (κ2) is 9.90. The number of aryl methyl sites for hydroxylation is 1. The molecule has 170 valence electrons. The lowest BCUT2D eigenvalue weighted by atomic mass is 10.1. The molecule has 0 saturated heterocycles. The summed E-state index contributed by atoms with van der Waals surface area (Å²) in [5.41, 5.74) is 7.31. The van der Waals surface area contributed by atoms with Gasteiger partial charge in [-0.1, -0.05) is 24.3 Å². The summed E-state index contributed by atoms with van der Waals surface area (Å²) in [7, 11) is 1.35. The van der Waals surface area contributed by atoms with Gasteiger partial charge in [-0.2, -0.15) is 5.10 Å². The second-order valence-electron chi connectivity index (χ2n) is 7.46. The van der Waals surface area contributed by atoms with Gasteiger partial charge in [-0.15, -0.1) is 0 Å². The molecule has 0 aliphatic heterocycles. The van der Waals surface area contributed by atoms with Crippen molar-refractivity contribution in [3.8, 4) is 5.69 Å². The van der Waals surface area contributed by atoms with Gasteiger partial charge in [-0.05, 0) is 44.5 Å². The number of carbonyl (C=O) groups is 2. The van der Waals surface area contributed by atoms with Crippen LogP contribution in [0.25, 0.3) is 5.69 Å². The predicted molar refractivity (Wildman–Crippen MR) is 124 cm³/mol. The third-order valence-electron chi connectivity index (χ3n) is 5.35. The van der Waals surface area contributed by atoms with E-state index in [-0.39, 0.29) is 12.1 Å². The van der Waals surface area contributed by atoms with E-state index in [0.717, 1.165) is 28.2 Å². The number of carbonyl (C=O) groups excluding carboxylic acids is 2. The molecule has 1 amide bonds. The zero-order valence-corrected chi connectivity index (χ0v) is 18.8. The number of nitrogens with zero attached hydrogens (tertiary/aromatic N) is 3. The molecule has 1 N–H and O–H groups in total. The van der Waals surface area contributed by atoms with Crippen LogP contribution in [0.2, 0.25) is 0 Å². The lowest BCUT2D eigenvalue weighted by Crippen LogP contribution is -2.20. The van der Waals surface area contributed by atoms with Crippen molar-refractivity contribution in [2.75, 3.05) is 7.11 Å². The van der Waals surface area contributed by atoms with Crippen molar-refractivity contribution in [3.05, 3.63) is 92.3 Å². The third kappa shape index (κ3) is 4.98. The average Bonchev–Trinajstić information content (AvgIpc) is 3.06. The molecular weight excluding hydrogens is 424 g/mol. The van der Waals surface area contributed by atoms with Crippen LogP contribution >= 0.6 is 0 Å². The Balaban J connectivity index is 1.79. The van der Waals surface area contributed by atoms with Crippen LogP contribution in [-0.4, -0.2) is 34.7 Å². The Morgan fingerprint density at radius 1 is 1.15 bits per heavy atom. The zero-order chi connectivity index (χ0) is 24.1. The molecule has 0 bridgehead atoms. The molecule has 33 heavy (non-hydrogen) atoms. The molecule has 0 atom stereocenters. The number of amides is 1. The SMILES string of the molecule is COC(=O)c1cccc(-n2c(C)cc(/C=N/NC(=O)Cc3ccccc3[N+](=O)[O-])c2C)c1C. The first-order valence-electron chi connectivity index (χ1n) is 10.2. The van der Waals surface area contributed by atoms with Crippen LogP contribution in [0.3, 0.4) is 0 Å². The van der Waals surface area contributed by atoms with E-state index in [0.29, 0.717) is 11.1 Å². The Labute approximate surface area is 190 Å². The topological polar surface area (TPSA) is 116 Å². The fourth-order valence-electron chi connectivity index (χ4n) is 3.71. The lowest BCUT2D eigenvalue weighted by Gasteiger charge is -2.15. The largest absolute Gasteiger partial charge is 0.465 e. The highest BCUT2D eigenvalue weighted by Gasteiger charge is 2.17. The monoisotopic (exact) mass is 448 g/mol. The van der Waals surface area contributed by atoms with Crippen molar-refractivity contribution in [1.29, 1.82) is 0 Å². The maximum Gasteiger partial charge on any atom is 0.338 e. The molecule has 2 aromatic carbocycles. The van der Waals surface area contributed by atoms with Crippen LogP contribution in [0.15, 0.2) is 53.6 Å². The molecule has 0 unspecified atom stereocenters. The van der Waals surface area contributed by atoms with Gasteiger partial charge in [0, 0.05) is 34.3 Å². The number of aromatic nitrogens is 1. The molecule has 0 saturated carbocycles. The number of nitro benzene ring substituents is 1. The van der Waals surface area contributed by atoms with Crippen LogP contribution in [-0.2, 0) is 16.0 Å². The van der Waals surface area contributed by atoms with Gasteiger partial charge in [0.25, 0.3) is 5.69 Å². The number of nitrogens with one attached hydrogen (secondary N) is 1. The quantitative estimate of drug-likeness (QED) is 0.255. The van der Waals surface area contributed by atoms with Crippen molar-refractivity contribution in [2.24, 2.45) is 5.10 Å². The molecule has 0 aliphatic carbocycles. The Morgan fingerprint density at radius 2 is 1.88 bits per heavy atom. The summed E-state index contributed by atoms with van der Waals surface area (Å²) < 4.78 is 6.86. The molecule has 9 heteroatoms. The number of ether oxygens (including phenoxy) is 1. The molecule has 3 aromatic rings. The van der Waals surface area contributed by atoms with E-state index < -0.39 is 16.8 Å². The summed E-state index contributed by atoms with van der Waals surface area (Å²) in [5.74, 6) is -0.865. The maximum atomic E-state index is 12.2. The first-order valence-corrected chi connectivity index (χ1v) is 10.2. The smallest absolute Gasteiger partial charge is 0.338 e. The van der Waals surface area contributed by atoms with Gasteiger partial charge in [-0.25, -0.2) is 10.2 Å². The summed E-state index contributed by atoms with van der Waals surface area (Å²) >= 11 is 0.